The summed E-state index contributed by atoms with van der Waals surface area (Å²) in [5.41, 5.74) is 0. The van der Waals surface area contributed by atoms with Crippen LogP contribution in [0.25, 0.3) is 0 Å². The van der Waals surface area contributed by atoms with Gasteiger partial charge in [-0.3, -0.25) is 0 Å². The minimum atomic E-state index is -2.10. The molecule has 0 radical (unpaired) electrons. The highest BCUT2D eigenvalue weighted by molar-refractivity contribution is 7.35. The van der Waals surface area contributed by atoms with Crippen molar-refractivity contribution in [1.82, 2.24) is 5.09 Å². The molecule has 0 aromatic heterocycles. The van der Waals surface area contributed by atoms with Crippen molar-refractivity contribution in [2.24, 2.45) is 0 Å². The first kappa shape index (κ1) is 5.02. The standard InChI is InChI=1S/CH4NO2P/c1-2-5(3)4/h1H3,(H-,2,3,4)/p+1. The van der Waals surface area contributed by atoms with Crippen LogP contribution in [-0.2, 0) is 4.57 Å². The molecule has 30 valence electrons. The van der Waals surface area contributed by atoms with Gasteiger partial charge in [0.2, 0.25) is 0 Å². The summed E-state index contributed by atoms with van der Waals surface area (Å²) in [5.74, 6) is 0. The van der Waals surface area contributed by atoms with E-state index in [2.05, 4.69) is 5.09 Å². The maximum Gasteiger partial charge on any atom is 0.610 e. The Kier molecular flexibility index (Phi) is 2.28. The number of rotatable bonds is 1. The molecule has 0 saturated carbocycles. The van der Waals surface area contributed by atoms with E-state index in [9.17, 15) is 4.57 Å². The molecule has 0 aliphatic rings. The Morgan fingerprint density at radius 2 is 2.20 bits per heavy atom. The highest BCUT2D eigenvalue weighted by atomic mass is 31.1. The van der Waals surface area contributed by atoms with Crippen LogP contribution in [0.1, 0.15) is 0 Å². The van der Waals surface area contributed by atoms with E-state index in [4.69, 9.17) is 4.89 Å². The topological polar surface area (TPSA) is 49.3 Å². The van der Waals surface area contributed by atoms with Crippen molar-refractivity contribution in [3.8, 4) is 0 Å². The first-order chi connectivity index (χ1) is 2.27. The van der Waals surface area contributed by atoms with E-state index < -0.39 is 8.18 Å². The lowest BCUT2D eigenvalue weighted by Gasteiger charge is -1.57. The fourth-order valence-corrected chi connectivity index (χ4v) is 0. The predicted molar refractivity (Wildman–Crippen MR) is 18.9 cm³/mol. The minimum Gasteiger partial charge on any atom is -0.144 e. The second-order valence-electron chi connectivity index (χ2n) is 0.497. The van der Waals surface area contributed by atoms with Crippen molar-refractivity contribution < 1.29 is 9.46 Å². The van der Waals surface area contributed by atoms with E-state index in [1.165, 1.54) is 7.05 Å². The summed E-state index contributed by atoms with van der Waals surface area (Å²) in [4.78, 5) is 7.76. The number of hydrogen-bond donors (Lipinski definition) is 2. The quantitative estimate of drug-likeness (QED) is 0.444. The van der Waals surface area contributed by atoms with Crippen molar-refractivity contribution in [3.63, 3.8) is 0 Å². The Morgan fingerprint density at radius 3 is 2.20 bits per heavy atom. The maximum absolute atomic E-state index is 9.41. The third-order valence-electron chi connectivity index (χ3n) is 0.191. The number of nitrogens with one attached hydrogen (secondary N) is 1. The Balaban J connectivity index is 2.85. The van der Waals surface area contributed by atoms with Crippen molar-refractivity contribution in [2.45, 2.75) is 0 Å². The molecule has 5 heavy (non-hydrogen) atoms. The van der Waals surface area contributed by atoms with Gasteiger partial charge in [-0.05, 0) is 4.57 Å². The van der Waals surface area contributed by atoms with Crippen LogP contribution in [0.4, 0.5) is 0 Å². The average molecular weight is 94.0 g/mol. The van der Waals surface area contributed by atoms with E-state index in [1.807, 2.05) is 0 Å². The first-order valence-electron chi connectivity index (χ1n) is 1.11. The number of hydrogen-bond acceptors (Lipinski definition) is 1. The molecular formula is CH5NO2P+. The lowest BCUT2D eigenvalue weighted by atomic mass is 11.6. The molecule has 2 N–H and O–H groups in total. The van der Waals surface area contributed by atoms with Gasteiger partial charge in [-0.25, -0.2) is 0 Å². The van der Waals surface area contributed by atoms with Crippen LogP contribution in [0, 0.1) is 0 Å². The van der Waals surface area contributed by atoms with Crippen LogP contribution in [-0.4, -0.2) is 11.9 Å². The molecule has 0 amide bonds. The average Bonchev–Trinajstić information content (AvgIpc) is 1.38. The Labute approximate surface area is 30.9 Å². The van der Waals surface area contributed by atoms with Crippen LogP contribution in [0.5, 0.6) is 0 Å². The summed E-state index contributed by atoms with van der Waals surface area (Å²) in [7, 11) is -0.683. The SMILES string of the molecule is CN[P+](=O)O. The summed E-state index contributed by atoms with van der Waals surface area (Å²) in [5, 5.41) is 2.09. The molecule has 1 unspecified atom stereocenters. The van der Waals surface area contributed by atoms with Gasteiger partial charge < -0.3 is 0 Å². The molecule has 0 spiro atoms. The fourth-order valence-electron chi connectivity index (χ4n) is 0. The van der Waals surface area contributed by atoms with Gasteiger partial charge in [0.25, 0.3) is 0 Å². The van der Waals surface area contributed by atoms with Crippen molar-refractivity contribution >= 4 is 8.18 Å². The third-order valence-corrected chi connectivity index (χ3v) is 0.574. The molecule has 0 aliphatic heterocycles. The summed E-state index contributed by atoms with van der Waals surface area (Å²) in [6.45, 7) is 0. The fraction of sp³-hybridized carbons (Fsp3) is 1.00. The van der Waals surface area contributed by atoms with Crippen molar-refractivity contribution in [1.29, 1.82) is 0 Å². The van der Waals surface area contributed by atoms with Crippen LogP contribution >= 0.6 is 8.18 Å². The van der Waals surface area contributed by atoms with Crippen LogP contribution < -0.4 is 5.09 Å². The van der Waals surface area contributed by atoms with Crippen LogP contribution in [0.2, 0.25) is 0 Å². The van der Waals surface area contributed by atoms with Gasteiger partial charge in [0.05, 0.1) is 0 Å². The Hall–Kier alpha value is 0.0200. The molecule has 3 nitrogen and oxygen atoms in total. The lowest BCUT2D eigenvalue weighted by Crippen LogP contribution is -1.86. The van der Waals surface area contributed by atoms with Crippen LogP contribution in [0.3, 0.4) is 0 Å². The molecule has 0 fully saturated rings. The molecule has 4 heteroatoms. The molecule has 0 aromatic carbocycles. The normalized spacial score (nSPS) is 11.2. The Bertz CT molecular complexity index is 44.9. The molecular weight excluding hydrogens is 89.0 g/mol. The van der Waals surface area contributed by atoms with Gasteiger partial charge >= 0.3 is 8.18 Å². The molecule has 0 aliphatic carbocycles. The highest BCUT2D eigenvalue weighted by Crippen LogP contribution is 1.99. The summed E-state index contributed by atoms with van der Waals surface area (Å²) >= 11 is 0. The molecule has 0 bridgehead atoms. The van der Waals surface area contributed by atoms with Crippen LogP contribution in [0.15, 0.2) is 0 Å². The zero-order valence-electron chi connectivity index (χ0n) is 2.80. The molecule has 0 heterocycles. The Morgan fingerprint density at radius 1 is 2.00 bits per heavy atom. The van der Waals surface area contributed by atoms with E-state index >= 15 is 0 Å². The molecule has 0 rings (SSSR count). The smallest absolute Gasteiger partial charge is 0.144 e. The van der Waals surface area contributed by atoms with Gasteiger partial charge in [-0.2, -0.15) is 0 Å². The second-order valence-corrected chi connectivity index (χ2v) is 1.49. The zero-order chi connectivity index (χ0) is 4.28. The van der Waals surface area contributed by atoms with Crippen molar-refractivity contribution in [2.75, 3.05) is 7.05 Å². The largest absolute Gasteiger partial charge is 0.610 e. The van der Waals surface area contributed by atoms with Gasteiger partial charge in [-0.1, -0.05) is 5.09 Å². The zero-order valence-corrected chi connectivity index (χ0v) is 3.70. The van der Waals surface area contributed by atoms with Gasteiger partial charge in [0.1, 0.15) is 0 Å². The van der Waals surface area contributed by atoms with E-state index in [0.29, 0.717) is 0 Å². The maximum atomic E-state index is 9.41. The van der Waals surface area contributed by atoms with Gasteiger partial charge in [0.15, 0.2) is 0 Å². The monoisotopic (exact) mass is 94.0 g/mol. The third kappa shape index (κ3) is 4.02. The molecule has 0 saturated heterocycles. The van der Waals surface area contributed by atoms with E-state index in [-0.39, 0.29) is 0 Å². The van der Waals surface area contributed by atoms with E-state index in [0.717, 1.165) is 0 Å². The lowest BCUT2D eigenvalue weighted by molar-refractivity contribution is 0.495. The highest BCUT2D eigenvalue weighted by Gasteiger charge is 1.98. The molecule has 0 aromatic rings. The second kappa shape index (κ2) is 2.27. The molecule has 1 atom stereocenters. The minimum absolute atomic E-state index is 1.42. The summed E-state index contributed by atoms with van der Waals surface area (Å²) in [6.07, 6.45) is 0. The van der Waals surface area contributed by atoms with Gasteiger partial charge in [0, 0.05) is 7.05 Å². The predicted octanol–water partition coefficient (Wildman–Crippen LogP) is -0.145. The first-order valence-corrected chi connectivity index (χ1v) is 2.32. The van der Waals surface area contributed by atoms with E-state index in [1.54, 1.807) is 0 Å². The summed E-state index contributed by atoms with van der Waals surface area (Å²) < 4.78 is 9.41. The van der Waals surface area contributed by atoms with Crippen molar-refractivity contribution in [3.05, 3.63) is 0 Å². The summed E-state index contributed by atoms with van der Waals surface area (Å²) in [6, 6.07) is 0. The van der Waals surface area contributed by atoms with Gasteiger partial charge in [-0.15, -0.1) is 4.89 Å².